The van der Waals surface area contributed by atoms with Crippen LogP contribution in [0.1, 0.15) is 35.6 Å². The fourth-order valence-electron chi connectivity index (χ4n) is 2.48. The zero-order chi connectivity index (χ0) is 12.4. The molecule has 1 heterocycles. The van der Waals surface area contributed by atoms with E-state index in [2.05, 4.69) is 19.1 Å². The Hall–Kier alpha value is -1.06. The predicted octanol–water partition coefficient (Wildman–Crippen LogP) is 2.49. The average Bonchev–Trinajstić information content (AvgIpc) is 2.84. The van der Waals surface area contributed by atoms with E-state index in [-0.39, 0.29) is 12.1 Å². The summed E-state index contributed by atoms with van der Waals surface area (Å²) in [4.78, 5) is 0. The number of nitrogens with two attached hydrogens (primary N) is 1. The first-order chi connectivity index (χ1) is 8.13. The molecule has 3 nitrogen and oxygen atoms in total. The van der Waals surface area contributed by atoms with E-state index < -0.39 is 0 Å². The van der Waals surface area contributed by atoms with E-state index in [1.807, 2.05) is 6.92 Å². The van der Waals surface area contributed by atoms with Gasteiger partial charge in [0.05, 0.1) is 19.3 Å². The Morgan fingerprint density at radius 2 is 2.12 bits per heavy atom. The summed E-state index contributed by atoms with van der Waals surface area (Å²) >= 11 is 0. The fraction of sp³-hybridized carbons (Fsp3) is 0.571. The summed E-state index contributed by atoms with van der Waals surface area (Å²) in [6.45, 7) is 4.96. The Morgan fingerprint density at radius 3 is 2.71 bits per heavy atom. The Kier molecular flexibility index (Phi) is 3.69. The molecule has 0 saturated carbocycles. The summed E-state index contributed by atoms with van der Waals surface area (Å²) in [6.07, 6.45) is 2.35. The number of hydrogen-bond donors (Lipinski definition) is 1. The summed E-state index contributed by atoms with van der Waals surface area (Å²) in [7, 11) is 1.70. The van der Waals surface area contributed by atoms with E-state index in [4.69, 9.17) is 15.2 Å². The topological polar surface area (TPSA) is 44.5 Å². The Balaban J connectivity index is 2.28. The summed E-state index contributed by atoms with van der Waals surface area (Å²) in [6, 6.07) is 4.15. The lowest BCUT2D eigenvalue weighted by Crippen LogP contribution is -2.26. The SMILES string of the molecule is COc1cc(C)c(C(N)C2CCCO2)cc1C. The molecule has 0 aliphatic carbocycles. The minimum Gasteiger partial charge on any atom is -0.496 e. The first kappa shape index (κ1) is 12.4. The molecular weight excluding hydrogens is 214 g/mol. The van der Waals surface area contributed by atoms with Crippen LogP contribution in [0.2, 0.25) is 0 Å². The van der Waals surface area contributed by atoms with Gasteiger partial charge >= 0.3 is 0 Å². The molecule has 2 rings (SSSR count). The lowest BCUT2D eigenvalue weighted by molar-refractivity contribution is 0.0898. The zero-order valence-corrected chi connectivity index (χ0v) is 10.8. The molecule has 2 unspecified atom stereocenters. The normalized spacial score (nSPS) is 21.5. The largest absolute Gasteiger partial charge is 0.496 e. The summed E-state index contributed by atoms with van der Waals surface area (Å²) in [5.41, 5.74) is 9.77. The van der Waals surface area contributed by atoms with E-state index in [9.17, 15) is 0 Å². The lowest BCUT2D eigenvalue weighted by Gasteiger charge is -2.22. The summed E-state index contributed by atoms with van der Waals surface area (Å²) < 4.78 is 11.0. The van der Waals surface area contributed by atoms with Gasteiger partial charge < -0.3 is 15.2 Å². The molecule has 0 bridgehead atoms. The van der Waals surface area contributed by atoms with Crippen LogP contribution in [-0.4, -0.2) is 19.8 Å². The highest BCUT2D eigenvalue weighted by atomic mass is 16.5. The van der Waals surface area contributed by atoms with Crippen molar-refractivity contribution in [1.29, 1.82) is 0 Å². The highest BCUT2D eigenvalue weighted by Crippen LogP contribution is 2.30. The molecule has 2 atom stereocenters. The van der Waals surface area contributed by atoms with Gasteiger partial charge in [0, 0.05) is 6.61 Å². The van der Waals surface area contributed by atoms with Crippen LogP contribution < -0.4 is 10.5 Å². The van der Waals surface area contributed by atoms with Crippen molar-refractivity contribution in [3.63, 3.8) is 0 Å². The minimum atomic E-state index is -0.0258. The van der Waals surface area contributed by atoms with Crippen LogP contribution in [0.3, 0.4) is 0 Å². The Labute approximate surface area is 103 Å². The van der Waals surface area contributed by atoms with Crippen molar-refractivity contribution in [3.05, 3.63) is 28.8 Å². The fourth-order valence-corrected chi connectivity index (χ4v) is 2.48. The third-order valence-electron chi connectivity index (χ3n) is 3.51. The molecule has 17 heavy (non-hydrogen) atoms. The Bertz CT molecular complexity index is 397. The van der Waals surface area contributed by atoms with Gasteiger partial charge in [0.2, 0.25) is 0 Å². The molecule has 1 aromatic carbocycles. The molecule has 0 amide bonds. The quantitative estimate of drug-likeness (QED) is 0.875. The second kappa shape index (κ2) is 5.07. The van der Waals surface area contributed by atoms with Crippen LogP contribution in [0.25, 0.3) is 0 Å². The van der Waals surface area contributed by atoms with Gasteiger partial charge in [0.25, 0.3) is 0 Å². The predicted molar refractivity (Wildman–Crippen MR) is 68.4 cm³/mol. The van der Waals surface area contributed by atoms with Gasteiger partial charge in [0.1, 0.15) is 5.75 Å². The second-order valence-electron chi connectivity index (χ2n) is 4.76. The monoisotopic (exact) mass is 235 g/mol. The van der Waals surface area contributed by atoms with Crippen molar-refractivity contribution >= 4 is 0 Å². The van der Waals surface area contributed by atoms with E-state index in [0.717, 1.165) is 30.8 Å². The van der Waals surface area contributed by atoms with Gasteiger partial charge in [0.15, 0.2) is 0 Å². The minimum absolute atomic E-state index is 0.0258. The van der Waals surface area contributed by atoms with Gasteiger partial charge in [-0.3, -0.25) is 0 Å². The third kappa shape index (κ3) is 2.45. The molecule has 2 N–H and O–H groups in total. The number of rotatable bonds is 3. The van der Waals surface area contributed by atoms with Crippen molar-refractivity contribution in [1.82, 2.24) is 0 Å². The third-order valence-corrected chi connectivity index (χ3v) is 3.51. The molecule has 1 saturated heterocycles. The van der Waals surface area contributed by atoms with Crippen molar-refractivity contribution in [2.45, 2.75) is 38.8 Å². The van der Waals surface area contributed by atoms with Gasteiger partial charge in [-0.2, -0.15) is 0 Å². The number of hydrogen-bond acceptors (Lipinski definition) is 3. The first-order valence-corrected chi connectivity index (χ1v) is 6.16. The van der Waals surface area contributed by atoms with E-state index in [1.54, 1.807) is 7.11 Å². The molecular formula is C14H21NO2. The van der Waals surface area contributed by atoms with Crippen molar-refractivity contribution < 1.29 is 9.47 Å². The molecule has 0 spiro atoms. The molecule has 0 aromatic heterocycles. The zero-order valence-electron chi connectivity index (χ0n) is 10.8. The van der Waals surface area contributed by atoms with Gasteiger partial charge in [-0.05, 0) is 49.4 Å². The van der Waals surface area contributed by atoms with Crippen LogP contribution >= 0.6 is 0 Å². The molecule has 1 aliphatic heterocycles. The first-order valence-electron chi connectivity index (χ1n) is 6.16. The molecule has 1 aliphatic rings. The van der Waals surface area contributed by atoms with Crippen LogP contribution in [0, 0.1) is 13.8 Å². The summed E-state index contributed by atoms with van der Waals surface area (Å²) in [5.74, 6) is 0.922. The number of ether oxygens (including phenoxy) is 2. The standard InChI is InChI=1S/C14H21NO2/c1-9-8-13(16-3)10(2)7-11(9)14(15)12-5-4-6-17-12/h7-8,12,14H,4-6,15H2,1-3H3. The Morgan fingerprint density at radius 1 is 1.35 bits per heavy atom. The number of aryl methyl sites for hydroxylation is 2. The van der Waals surface area contributed by atoms with Crippen LogP contribution in [0.5, 0.6) is 5.75 Å². The van der Waals surface area contributed by atoms with Crippen molar-refractivity contribution in [2.75, 3.05) is 13.7 Å². The second-order valence-corrected chi connectivity index (χ2v) is 4.76. The maximum atomic E-state index is 6.30. The van der Waals surface area contributed by atoms with E-state index in [1.165, 1.54) is 11.1 Å². The van der Waals surface area contributed by atoms with Crippen LogP contribution in [-0.2, 0) is 4.74 Å². The van der Waals surface area contributed by atoms with Gasteiger partial charge in [-0.15, -0.1) is 0 Å². The van der Waals surface area contributed by atoms with Crippen molar-refractivity contribution in [3.8, 4) is 5.75 Å². The maximum absolute atomic E-state index is 6.30. The molecule has 1 fully saturated rings. The van der Waals surface area contributed by atoms with Crippen LogP contribution in [0.4, 0.5) is 0 Å². The highest BCUT2D eigenvalue weighted by Gasteiger charge is 2.25. The van der Waals surface area contributed by atoms with E-state index in [0.29, 0.717) is 0 Å². The van der Waals surface area contributed by atoms with Crippen LogP contribution in [0.15, 0.2) is 12.1 Å². The molecule has 3 heteroatoms. The number of benzene rings is 1. The lowest BCUT2D eigenvalue weighted by atomic mass is 9.94. The average molecular weight is 235 g/mol. The molecule has 0 radical (unpaired) electrons. The molecule has 1 aromatic rings. The van der Waals surface area contributed by atoms with E-state index >= 15 is 0 Å². The van der Waals surface area contributed by atoms with Gasteiger partial charge in [-0.1, -0.05) is 6.07 Å². The number of methoxy groups -OCH3 is 1. The smallest absolute Gasteiger partial charge is 0.122 e. The van der Waals surface area contributed by atoms with Crippen molar-refractivity contribution in [2.24, 2.45) is 5.73 Å². The molecule has 94 valence electrons. The summed E-state index contributed by atoms with van der Waals surface area (Å²) in [5, 5.41) is 0. The maximum Gasteiger partial charge on any atom is 0.122 e. The van der Waals surface area contributed by atoms with Gasteiger partial charge in [-0.25, -0.2) is 0 Å². The highest BCUT2D eigenvalue weighted by molar-refractivity contribution is 5.43.